The zero-order chi connectivity index (χ0) is 15.3. The van der Waals surface area contributed by atoms with Crippen molar-refractivity contribution in [1.82, 2.24) is 0 Å². The Morgan fingerprint density at radius 2 is 1.57 bits per heavy atom. The quantitative estimate of drug-likeness (QED) is 0.617. The molecule has 0 spiro atoms. The molecule has 3 rings (SSSR count). The molecule has 1 aromatic carbocycles. The van der Waals surface area contributed by atoms with Gasteiger partial charge in [0.15, 0.2) is 0 Å². The summed E-state index contributed by atoms with van der Waals surface area (Å²) in [4.78, 5) is 0. The zero-order valence-corrected chi connectivity index (χ0v) is 12.1. The second-order valence-electron chi connectivity index (χ2n) is 5.62. The summed E-state index contributed by atoms with van der Waals surface area (Å²) in [6.07, 6.45) is 5.69. The summed E-state index contributed by atoms with van der Waals surface area (Å²) in [6, 6.07) is 2.92. The Morgan fingerprint density at radius 3 is 2.05 bits per heavy atom. The first-order valence-electron chi connectivity index (χ1n) is 6.94. The smallest absolute Gasteiger partial charge is 0.376 e. The van der Waals surface area contributed by atoms with Crippen molar-refractivity contribution in [3.05, 3.63) is 28.8 Å². The van der Waals surface area contributed by atoms with Crippen molar-refractivity contribution in [2.45, 2.75) is 50.0 Å². The standard InChI is InChI=1S/C14H15F3O3S/c15-14(16,17)21(18,19)20-12-7-10-5-1-3-9-4-2-6-11(8-12)13(9)10/h7-9H,1-6H2. The zero-order valence-electron chi connectivity index (χ0n) is 11.2. The molecule has 7 heteroatoms. The first-order valence-corrected chi connectivity index (χ1v) is 8.35. The van der Waals surface area contributed by atoms with Crippen molar-refractivity contribution in [1.29, 1.82) is 0 Å². The lowest BCUT2D eigenvalue weighted by atomic mass is 9.73. The molecule has 1 aromatic rings. The third kappa shape index (κ3) is 2.63. The van der Waals surface area contributed by atoms with Crippen molar-refractivity contribution >= 4 is 10.1 Å². The van der Waals surface area contributed by atoms with Crippen LogP contribution in [0, 0.1) is 0 Å². The van der Waals surface area contributed by atoms with Crippen LogP contribution in [0.15, 0.2) is 12.1 Å². The van der Waals surface area contributed by atoms with Crippen molar-refractivity contribution < 1.29 is 25.8 Å². The summed E-state index contributed by atoms with van der Waals surface area (Å²) in [6.45, 7) is 0. The van der Waals surface area contributed by atoms with Crippen LogP contribution in [0.3, 0.4) is 0 Å². The molecule has 0 unspecified atom stereocenters. The Balaban J connectivity index is 1.99. The molecule has 0 saturated carbocycles. The number of hydrogen-bond donors (Lipinski definition) is 0. The summed E-state index contributed by atoms with van der Waals surface area (Å²) in [5.74, 6) is 0.245. The molecule has 0 bridgehead atoms. The van der Waals surface area contributed by atoms with Gasteiger partial charge < -0.3 is 4.18 Å². The fraction of sp³-hybridized carbons (Fsp3) is 0.571. The van der Waals surface area contributed by atoms with Crippen molar-refractivity contribution in [3.63, 3.8) is 0 Å². The van der Waals surface area contributed by atoms with Gasteiger partial charge in [-0.3, -0.25) is 0 Å². The summed E-state index contributed by atoms with van der Waals surface area (Å²) in [5.41, 5.74) is -2.31. The fourth-order valence-corrected chi connectivity index (χ4v) is 3.86. The second-order valence-corrected chi connectivity index (χ2v) is 7.16. The molecule has 0 fully saturated rings. The van der Waals surface area contributed by atoms with Crippen molar-refractivity contribution in [2.24, 2.45) is 0 Å². The molecule has 0 radical (unpaired) electrons. The van der Waals surface area contributed by atoms with Gasteiger partial charge in [0.2, 0.25) is 0 Å². The number of halogens is 3. The van der Waals surface area contributed by atoms with E-state index in [2.05, 4.69) is 4.18 Å². The highest BCUT2D eigenvalue weighted by atomic mass is 32.2. The first kappa shape index (κ1) is 14.7. The Kier molecular flexibility index (Phi) is 3.43. The lowest BCUT2D eigenvalue weighted by molar-refractivity contribution is -0.0500. The predicted molar refractivity (Wildman–Crippen MR) is 70.7 cm³/mol. The molecule has 2 aliphatic carbocycles. The van der Waals surface area contributed by atoms with Crippen LogP contribution in [0.4, 0.5) is 13.2 Å². The van der Waals surface area contributed by atoms with Gasteiger partial charge in [-0.2, -0.15) is 21.6 Å². The molecule has 0 amide bonds. The van der Waals surface area contributed by atoms with Crippen LogP contribution >= 0.6 is 0 Å². The summed E-state index contributed by atoms with van der Waals surface area (Å²) in [7, 11) is -5.60. The van der Waals surface area contributed by atoms with Gasteiger partial charge in [-0.15, -0.1) is 0 Å². The van der Waals surface area contributed by atoms with Gasteiger partial charge in [-0.25, -0.2) is 0 Å². The van der Waals surface area contributed by atoms with Crippen LogP contribution in [0.25, 0.3) is 0 Å². The minimum Gasteiger partial charge on any atom is -0.376 e. The van der Waals surface area contributed by atoms with E-state index in [0.717, 1.165) is 49.7 Å². The van der Waals surface area contributed by atoms with Crippen LogP contribution in [-0.2, 0) is 23.0 Å². The number of benzene rings is 1. The minimum absolute atomic E-state index is 0.219. The molecule has 0 atom stereocenters. The SMILES string of the molecule is O=S(=O)(Oc1cc2c3c(c1)CCCC3CCC2)C(F)(F)F. The van der Waals surface area contributed by atoms with Gasteiger partial charge in [0.25, 0.3) is 0 Å². The van der Waals surface area contributed by atoms with E-state index < -0.39 is 15.6 Å². The van der Waals surface area contributed by atoms with Gasteiger partial charge in [0.1, 0.15) is 5.75 Å². The lowest BCUT2D eigenvalue weighted by Gasteiger charge is -2.32. The van der Waals surface area contributed by atoms with Crippen molar-refractivity contribution in [2.75, 3.05) is 0 Å². The van der Waals surface area contributed by atoms with Gasteiger partial charge in [0.05, 0.1) is 0 Å². The average Bonchev–Trinajstić information content (AvgIpc) is 2.37. The van der Waals surface area contributed by atoms with Gasteiger partial charge >= 0.3 is 15.6 Å². The Morgan fingerprint density at radius 1 is 1.05 bits per heavy atom. The lowest BCUT2D eigenvalue weighted by Crippen LogP contribution is -2.28. The van der Waals surface area contributed by atoms with E-state index in [0.29, 0.717) is 5.92 Å². The highest BCUT2D eigenvalue weighted by molar-refractivity contribution is 7.88. The third-order valence-corrected chi connectivity index (χ3v) is 5.20. The molecule has 0 heterocycles. The van der Waals surface area contributed by atoms with Gasteiger partial charge in [0, 0.05) is 0 Å². The maximum Gasteiger partial charge on any atom is 0.534 e. The van der Waals surface area contributed by atoms with E-state index in [-0.39, 0.29) is 5.75 Å². The average molecular weight is 320 g/mol. The van der Waals surface area contributed by atoms with Crippen LogP contribution in [-0.4, -0.2) is 13.9 Å². The number of rotatable bonds is 2. The number of hydrogen-bond acceptors (Lipinski definition) is 3. The van der Waals surface area contributed by atoms with Crippen molar-refractivity contribution in [3.8, 4) is 5.75 Å². The molecule has 0 aromatic heterocycles. The first-order chi connectivity index (χ1) is 9.78. The van der Waals surface area contributed by atoms with Crippen LogP contribution in [0.5, 0.6) is 5.75 Å². The Hall–Kier alpha value is -1.24. The third-order valence-electron chi connectivity index (χ3n) is 4.22. The van der Waals surface area contributed by atoms with E-state index in [1.54, 1.807) is 0 Å². The normalized spacial score (nSPS) is 19.2. The second kappa shape index (κ2) is 4.90. The maximum absolute atomic E-state index is 12.4. The molecule has 0 N–H and O–H groups in total. The van der Waals surface area contributed by atoms with E-state index in [4.69, 9.17) is 0 Å². The summed E-state index contributed by atoms with van der Waals surface area (Å²) < 4.78 is 63.7. The maximum atomic E-state index is 12.4. The van der Waals surface area contributed by atoms with Crippen LogP contribution in [0.2, 0.25) is 0 Å². The largest absolute Gasteiger partial charge is 0.534 e. The van der Waals surface area contributed by atoms with Gasteiger partial charge in [-0.1, -0.05) is 0 Å². The minimum atomic E-state index is -5.60. The molecule has 21 heavy (non-hydrogen) atoms. The van der Waals surface area contributed by atoms with Gasteiger partial charge in [-0.05, 0) is 73.3 Å². The summed E-state index contributed by atoms with van der Waals surface area (Å²) >= 11 is 0. The Labute approximate surface area is 121 Å². The van der Waals surface area contributed by atoms with Crippen LogP contribution < -0.4 is 4.18 Å². The molecule has 0 aliphatic heterocycles. The monoisotopic (exact) mass is 320 g/mol. The Bertz CT molecular complexity index is 634. The highest BCUT2D eigenvalue weighted by Gasteiger charge is 2.48. The molecular formula is C14H15F3O3S. The fourth-order valence-electron chi connectivity index (χ4n) is 3.42. The molecule has 116 valence electrons. The highest BCUT2D eigenvalue weighted by Crippen LogP contribution is 2.43. The molecule has 3 nitrogen and oxygen atoms in total. The predicted octanol–water partition coefficient (Wildman–Crippen LogP) is 3.67. The number of alkyl halides is 3. The van der Waals surface area contributed by atoms with E-state index >= 15 is 0 Å². The van der Waals surface area contributed by atoms with E-state index in [1.807, 2.05) is 0 Å². The van der Waals surface area contributed by atoms with E-state index in [9.17, 15) is 21.6 Å². The molecule has 2 aliphatic rings. The molecule has 0 saturated heterocycles. The number of aryl methyl sites for hydroxylation is 2. The van der Waals surface area contributed by atoms with E-state index in [1.165, 1.54) is 17.7 Å². The van der Waals surface area contributed by atoms with Crippen LogP contribution in [0.1, 0.15) is 48.3 Å². The topological polar surface area (TPSA) is 43.4 Å². The molecular weight excluding hydrogens is 305 g/mol. The summed E-state index contributed by atoms with van der Waals surface area (Å²) in [5, 5.41) is 0.